The summed E-state index contributed by atoms with van der Waals surface area (Å²) in [4.78, 5) is 25.0. The van der Waals surface area contributed by atoms with E-state index in [1.165, 1.54) is 4.90 Å². The van der Waals surface area contributed by atoms with Crippen LogP contribution in [0.4, 0.5) is 10.5 Å². The predicted molar refractivity (Wildman–Crippen MR) is 81.9 cm³/mol. The maximum atomic E-state index is 12.1. The van der Waals surface area contributed by atoms with Crippen LogP contribution in [0.5, 0.6) is 0 Å². The van der Waals surface area contributed by atoms with Gasteiger partial charge in [-0.2, -0.15) is 0 Å². The number of urea groups is 1. The average molecular weight is 293 g/mol. The Labute approximate surface area is 125 Å². The Morgan fingerprint density at radius 3 is 2.67 bits per heavy atom. The van der Waals surface area contributed by atoms with Gasteiger partial charge in [-0.3, -0.25) is 4.79 Å². The van der Waals surface area contributed by atoms with Crippen LogP contribution < -0.4 is 11.1 Å². The van der Waals surface area contributed by atoms with Crippen LogP contribution in [-0.2, 0) is 9.53 Å². The van der Waals surface area contributed by atoms with Gasteiger partial charge in [0.15, 0.2) is 0 Å². The van der Waals surface area contributed by atoms with Crippen LogP contribution >= 0.6 is 0 Å². The number of esters is 1. The van der Waals surface area contributed by atoms with Gasteiger partial charge in [-0.15, -0.1) is 0 Å². The first-order valence-corrected chi connectivity index (χ1v) is 7.05. The van der Waals surface area contributed by atoms with Gasteiger partial charge in [0.25, 0.3) is 0 Å². The predicted octanol–water partition coefficient (Wildman–Crippen LogP) is 2.12. The second kappa shape index (κ2) is 8.26. The lowest BCUT2D eigenvalue weighted by atomic mass is 10.1. The minimum absolute atomic E-state index is 0.0663. The number of nitrogens with two attached hydrogens (primary N) is 1. The summed E-state index contributed by atoms with van der Waals surface area (Å²) in [5, 5.41) is 2.76. The third-order valence-electron chi connectivity index (χ3n) is 2.96. The topological polar surface area (TPSA) is 84.7 Å². The van der Waals surface area contributed by atoms with Crippen molar-refractivity contribution in [3.63, 3.8) is 0 Å². The number of nitrogens with zero attached hydrogens (tertiary/aromatic N) is 1. The Balaban J connectivity index is 2.69. The van der Waals surface area contributed by atoms with Crippen molar-refractivity contribution < 1.29 is 14.3 Å². The maximum Gasteiger partial charge on any atom is 0.325 e. The molecule has 116 valence electrons. The molecule has 0 fully saturated rings. The van der Waals surface area contributed by atoms with Crippen LogP contribution in [0.2, 0.25) is 0 Å². The summed E-state index contributed by atoms with van der Waals surface area (Å²) in [7, 11) is 0. The summed E-state index contributed by atoms with van der Waals surface area (Å²) < 4.78 is 4.85. The second-order valence-corrected chi connectivity index (χ2v) is 4.66. The molecule has 1 aromatic rings. The molecule has 21 heavy (non-hydrogen) atoms. The number of amides is 2. The Kier molecular flexibility index (Phi) is 6.68. The van der Waals surface area contributed by atoms with E-state index >= 15 is 0 Å². The van der Waals surface area contributed by atoms with Crippen molar-refractivity contribution in [2.75, 3.05) is 25.0 Å². The smallest absolute Gasteiger partial charge is 0.325 e. The first-order valence-electron chi connectivity index (χ1n) is 7.05. The molecular weight excluding hydrogens is 270 g/mol. The van der Waals surface area contributed by atoms with E-state index in [1.807, 2.05) is 25.1 Å². The molecule has 1 rings (SSSR count). The SMILES string of the molecule is CCOC(=O)CN(CC)C(=O)Nc1cccc(C(C)N)c1. The van der Waals surface area contributed by atoms with Gasteiger partial charge in [-0.1, -0.05) is 12.1 Å². The third-order valence-corrected chi connectivity index (χ3v) is 2.96. The number of benzene rings is 1. The summed E-state index contributed by atoms with van der Waals surface area (Å²) >= 11 is 0. The molecule has 0 radical (unpaired) electrons. The van der Waals surface area contributed by atoms with Crippen molar-refractivity contribution in [1.82, 2.24) is 4.90 Å². The van der Waals surface area contributed by atoms with E-state index in [1.54, 1.807) is 19.9 Å². The number of hydrogen-bond acceptors (Lipinski definition) is 4. The highest BCUT2D eigenvalue weighted by molar-refractivity contribution is 5.91. The Morgan fingerprint density at radius 2 is 2.10 bits per heavy atom. The Morgan fingerprint density at radius 1 is 1.38 bits per heavy atom. The van der Waals surface area contributed by atoms with E-state index in [4.69, 9.17) is 10.5 Å². The highest BCUT2D eigenvalue weighted by Gasteiger charge is 2.16. The number of anilines is 1. The van der Waals surface area contributed by atoms with Crippen molar-refractivity contribution in [2.45, 2.75) is 26.8 Å². The molecule has 0 aliphatic carbocycles. The summed E-state index contributed by atoms with van der Waals surface area (Å²) in [6.07, 6.45) is 0. The van der Waals surface area contributed by atoms with E-state index in [2.05, 4.69) is 5.32 Å². The number of rotatable bonds is 6. The zero-order chi connectivity index (χ0) is 15.8. The van der Waals surface area contributed by atoms with Crippen LogP contribution in [-0.4, -0.2) is 36.6 Å². The molecule has 0 saturated carbocycles. The van der Waals surface area contributed by atoms with Gasteiger partial charge in [0.05, 0.1) is 6.61 Å². The number of carbonyl (C=O) groups excluding carboxylic acids is 2. The third kappa shape index (κ3) is 5.43. The summed E-state index contributed by atoms with van der Waals surface area (Å²) in [6.45, 7) is 6.06. The molecule has 1 aromatic carbocycles. The van der Waals surface area contributed by atoms with Crippen LogP contribution in [0.25, 0.3) is 0 Å². The zero-order valence-corrected chi connectivity index (χ0v) is 12.8. The van der Waals surface area contributed by atoms with Crippen molar-refractivity contribution in [3.8, 4) is 0 Å². The molecule has 0 spiro atoms. The van der Waals surface area contributed by atoms with Crippen LogP contribution in [0.15, 0.2) is 24.3 Å². The fraction of sp³-hybridized carbons (Fsp3) is 0.467. The molecule has 6 nitrogen and oxygen atoms in total. The summed E-state index contributed by atoms with van der Waals surface area (Å²) in [5.41, 5.74) is 7.40. The molecule has 0 saturated heterocycles. The monoisotopic (exact) mass is 293 g/mol. The van der Waals surface area contributed by atoms with Gasteiger partial charge in [0.2, 0.25) is 0 Å². The van der Waals surface area contributed by atoms with Crippen molar-refractivity contribution in [1.29, 1.82) is 0 Å². The lowest BCUT2D eigenvalue weighted by Crippen LogP contribution is -2.39. The van der Waals surface area contributed by atoms with Crippen LogP contribution in [0.1, 0.15) is 32.4 Å². The first kappa shape index (κ1) is 17.0. The molecule has 1 unspecified atom stereocenters. The number of ether oxygens (including phenoxy) is 1. The van der Waals surface area contributed by atoms with Gasteiger partial charge < -0.3 is 20.7 Å². The lowest BCUT2D eigenvalue weighted by Gasteiger charge is -2.20. The quantitative estimate of drug-likeness (QED) is 0.787. The van der Waals surface area contributed by atoms with Crippen molar-refractivity contribution in [2.24, 2.45) is 5.73 Å². The van der Waals surface area contributed by atoms with Gasteiger partial charge in [0, 0.05) is 18.3 Å². The lowest BCUT2D eigenvalue weighted by molar-refractivity contribution is -0.143. The molecule has 0 bridgehead atoms. The van der Waals surface area contributed by atoms with E-state index in [0.29, 0.717) is 18.8 Å². The molecule has 1 atom stereocenters. The zero-order valence-electron chi connectivity index (χ0n) is 12.8. The Bertz CT molecular complexity index is 489. The normalized spacial score (nSPS) is 11.6. The van der Waals surface area contributed by atoms with E-state index in [-0.39, 0.29) is 18.6 Å². The number of hydrogen-bond donors (Lipinski definition) is 2. The standard InChI is InChI=1S/C15H23N3O3/c1-4-18(10-14(19)21-5-2)15(20)17-13-8-6-7-12(9-13)11(3)16/h6-9,11H,4-5,10,16H2,1-3H3,(H,17,20). The summed E-state index contributed by atoms with van der Waals surface area (Å²) in [5.74, 6) is -0.418. The fourth-order valence-corrected chi connectivity index (χ4v) is 1.79. The largest absolute Gasteiger partial charge is 0.465 e. The molecule has 6 heteroatoms. The highest BCUT2D eigenvalue weighted by atomic mass is 16.5. The van der Waals surface area contributed by atoms with Crippen molar-refractivity contribution >= 4 is 17.7 Å². The highest BCUT2D eigenvalue weighted by Crippen LogP contribution is 2.16. The first-order chi connectivity index (χ1) is 9.97. The van der Waals surface area contributed by atoms with Gasteiger partial charge in [-0.25, -0.2) is 4.79 Å². The fourth-order valence-electron chi connectivity index (χ4n) is 1.79. The van der Waals surface area contributed by atoms with E-state index in [0.717, 1.165) is 5.56 Å². The number of carbonyl (C=O) groups is 2. The molecule has 2 amide bonds. The van der Waals surface area contributed by atoms with E-state index in [9.17, 15) is 9.59 Å². The number of nitrogens with one attached hydrogen (secondary N) is 1. The molecule has 0 aromatic heterocycles. The number of likely N-dealkylation sites (N-methyl/N-ethyl adjacent to an activating group) is 1. The minimum Gasteiger partial charge on any atom is -0.465 e. The second-order valence-electron chi connectivity index (χ2n) is 4.66. The maximum absolute atomic E-state index is 12.1. The van der Waals surface area contributed by atoms with Crippen LogP contribution in [0.3, 0.4) is 0 Å². The van der Waals surface area contributed by atoms with Crippen LogP contribution in [0, 0.1) is 0 Å². The molecule has 0 aliphatic rings. The van der Waals surface area contributed by atoms with Gasteiger partial charge in [-0.05, 0) is 38.5 Å². The van der Waals surface area contributed by atoms with Gasteiger partial charge in [0.1, 0.15) is 6.54 Å². The molecular formula is C15H23N3O3. The Hall–Kier alpha value is -2.08. The van der Waals surface area contributed by atoms with Gasteiger partial charge >= 0.3 is 12.0 Å². The average Bonchev–Trinajstić information content (AvgIpc) is 2.45. The molecule has 3 N–H and O–H groups in total. The minimum atomic E-state index is -0.418. The molecule has 0 aliphatic heterocycles. The summed E-state index contributed by atoms with van der Waals surface area (Å²) in [6, 6.07) is 6.88. The van der Waals surface area contributed by atoms with E-state index < -0.39 is 5.97 Å². The van der Waals surface area contributed by atoms with Crippen molar-refractivity contribution in [3.05, 3.63) is 29.8 Å². The molecule has 0 heterocycles.